The molecule has 1 aliphatic carbocycles. The third-order valence-electron chi connectivity index (χ3n) is 3.56. The van der Waals surface area contributed by atoms with Crippen LogP contribution >= 0.6 is 0 Å². The van der Waals surface area contributed by atoms with Gasteiger partial charge in [-0.3, -0.25) is 9.59 Å². The summed E-state index contributed by atoms with van der Waals surface area (Å²) in [6.07, 6.45) is 3.11. The van der Waals surface area contributed by atoms with Crippen LogP contribution in [0.15, 0.2) is 12.3 Å². The number of nitrogens with zero attached hydrogens (tertiary/aromatic N) is 1. The first-order valence-corrected chi connectivity index (χ1v) is 6.36. The zero-order valence-electron chi connectivity index (χ0n) is 11.4. The molecule has 0 saturated heterocycles. The summed E-state index contributed by atoms with van der Waals surface area (Å²) in [5.74, 6) is 1.08. The summed E-state index contributed by atoms with van der Waals surface area (Å²) in [5.41, 5.74) is 0.762. The molecule has 1 N–H and O–H groups in total. The second-order valence-electron chi connectivity index (χ2n) is 4.96. The monoisotopic (exact) mass is 262 g/mol. The van der Waals surface area contributed by atoms with Crippen LogP contribution < -0.4 is 10.1 Å². The third kappa shape index (κ3) is 2.92. The van der Waals surface area contributed by atoms with Gasteiger partial charge in [0, 0.05) is 25.2 Å². The molecule has 1 amide bonds. The van der Waals surface area contributed by atoms with Crippen LogP contribution in [0.4, 0.5) is 0 Å². The van der Waals surface area contributed by atoms with Gasteiger partial charge < -0.3 is 10.1 Å². The Bertz CT molecular complexity index is 513. The molecule has 2 atom stereocenters. The zero-order chi connectivity index (χ0) is 14.0. The van der Waals surface area contributed by atoms with Gasteiger partial charge in [-0.05, 0) is 24.3 Å². The predicted molar refractivity (Wildman–Crippen MR) is 70.4 cm³/mol. The van der Waals surface area contributed by atoms with Gasteiger partial charge in [-0.2, -0.15) is 0 Å². The Morgan fingerprint density at radius 2 is 2.21 bits per heavy atom. The molecule has 1 aromatic rings. The molecule has 0 aromatic carbocycles. The van der Waals surface area contributed by atoms with Crippen molar-refractivity contribution in [3.05, 3.63) is 23.4 Å². The van der Waals surface area contributed by atoms with Crippen LogP contribution in [0.3, 0.4) is 0 Å². The molecule has 0 unspecified atom stereocenters. The summed E-state index contributed by atoms with van der Waals surface area (Å²) in [6.45, 7) is 2.14. The fourth-order valence-electron chi connectivity index (χ4n) is 2.10. The predicted octanol–water partition coefficient (Wildman–Crippen LogP) is 1.68. The molecule has 0 radical (unpaired) electrons. The smallest absolute Gasteiger partial charge is 0.256 e. The highest BCUT2D eigenvalue weighted by atomic mass is 16.5. The van der Waals surface area contributed by atoms with Crippen LogP contribution in [0.25, 0.3) is 0 Å². The van der Waals surface area contributed by atoms with Crippen molar-refractivity contribution < 1.29 is 14.3 Å². The number of aromatic nitrogens is 1. The van der Waals surface area contributed by atoms with Crippen molar-refractivity contribution in [2.24, 2.45) is 11.8 Å². The SMILES string of the molecule is CNC(=O)c1cc(C(=O)C[C@@H]2C[C@H]2C)cnc1OC. The van der Waals surface area contributed by atoms with Crippen LogP contribution in [-0.4, -0.2) is 30.8 Å². The van der Waals surface area contributed by atoms with Gasteiger partial charge in [0.1, 0.15) is 5.56 Å². The van der Waals surface area contributed by atoms with Crippen LogP contribution in [0.5, 0.6) is 5.88 Å². The number of ether oxygens (including phenoxy) is 1. The summed E-state index contributed by atoms with van der Waals surface area (Å²) < 4.78 is 5.03. The first-order chi connectivity index (χ1) is 9.06. The minimum absolute atomic E-state index is 0.0367. The molecular formula is C14H18N2O3. The van der Waals surface area contributed by atoms with Crippen molar-refractivity contribution in [1.82, 2.24) is 10.3 Å². The maximum atomic E-state index is 12.1. The molecular weight excluding hydrogens is 244 g/mol. The van der Waals surface area contributed by atoms with Gasteiger partial charge in [0.2, 0.25) is 5.88 Å². The van der Waals surface area contributed by atoms with E-state index in [0.29, 0.717) is 29.4 Å². The maximum Gasteiger partial charge on any atom is 0.256 e. The lowest BCUT2D eigenvalue weighted by atomic mass is 10.0. The standard InChI is InChI=1S/C14H18N2O3/c1-8-4-9(8)6-12(17)10-5-11(13(18)15-2)14(19-3)16-7-10/h5,7-9H,4,6H2,1-3H3,(H,15,18)/t8-,9+/m1/s1. The van der Waals surface area contributed by atoms with Gasteiger partial charge in [-0.15, -0.1) is 0 Å². The van der Waals surface area contributed by atoms with Crippen LogP contribution in [0.1, 0.15) is 40.5 Å². The highest BCUT2D eigenvalue weighted by Gasteiger charge is 2.34. The molecule has 1 saturated carbocycles. The summed E-state index contributed by atoms with van der Waals surface area (Å²) in [4.78, 5) is 27.8. The number of rotatable bonds is 5. The van der Waals surface area contributed by atoms with Gasteiger partial charge in [-0.1, -0.05) is 6.92 Å². The molecule has 102 valence electrons. The molecule has 19 heavy (non-hydrogen) atoms. The maximum absolute atomic E-state index is 12.1. The minimum atomic E-state index is -0.307. The normalized spacial score (nSPS) is 20.8. The van der Waals surface area contributed by atoms with Gasteiger partial charge in [0.05, 0.1) is 7.11 Å². The summed E-state index contributed by atoms with van der Waals surface area (Å²) >= 11 is 0. The van der Waals surface area contributed by atoms with Crippen molar-refractivity contribution in [2.45, 2.75) is 19.8 Å². The van der Waals surface area contributed by atoms with Crippen molar-refractivity contribution in [3.63, 3.8) is 0 Å². The fourth-order valence-corrected chi connectivity index (χ4v) is 2.10. The lowest BCUT2D eigenvalue weighted by Crippen LogP contribution is -2.20. The van der Waals surface area contributed by atoms with Crippen molar-refractivity contribution in [2.75, 3.05) is 14.2 Å². The van der Waals surface area contributed by atoms with Crippen molar-refractivity contribution >= 4 is 11.7 Å². The van der Waals surface area contributed by atoms with E-state index in [1.54, 1.807) is 6.07 Å². The van der Waals surface area contributed by atoms with E-state index >= 15 is 0 Å². The Morgan fingerprint density at radius 1 is 1.53 bits per heavy atom. The number of amides is 1. The molecule has 1 aliphatic rings. The number of carbonyl (C=O) groups is 2. The van der Waals surface area contributed by atoms with E-state index in [9.17, 15) is 9.59 Å². The van der Waals surface area contributed by atoms with E-state index in [2.05, 4.69) is 17.2 Å². The lowest BCUT2D eigenvalue weighted by Gasteiger charge is -2.08. The number of hydrogen-bond acceptors (Lipinski definition) is 4. The molecule has 0 spiro atoms. The fraction of sp³-hybridized carbons (Fsp3) is 0.500. The Balaban J connectivity index is 2.21. The molecule has 1 aromatic heterocycles. The second kappa shape index (κ2) is 5.38. The first kappa shape index (κ1) is 13.5. The molecule has 0 aliphatic heterocycles. The van der Waals surface area contributed by atoms with Crippen molar-refractivity contribution in [3.8, 4) is 5.88 Å². The lowest BCUT2D eigenvalue weighted by molar-refractivity contribution is 0.0959. The average Bonchev–Trinajstić information content (AvgIpc) is 3.12. The van der Waals surface area contributed by atoms with E-state index in [0.717, 1.165) is 6.42 Å². The molecule has 5 heteroatoms. The molecule has 1 heterocycles. The number of nitrogens with one attached hydrogen (secondary N) is 1. The average molecular weight is 262 g/mol. The highest BCUT2D eigenvalue weighted by Crippen LogP contribution is 2.41. The number of hydrogen-bond donors (Lipinski definition) is 1. The minimum Gasteiger partial charge on any atom is -0.480 e. The first-order valence-electron chi connectivity index (χ1n) is 6.36. The van der Waals surface area contributed by atoms with E-state index in [4.69, 9.17) is 4.74 Å². The van der Waals surface area contributed by atoms with Crippen LogP contribution in [0.2, 0.25) is 0 Å². The van der Waals surface area contributed by atoms with Crippen LogP contribution in [0, 0.1) is 11.8 Å². The van der Waals surface area contributed by atoms with Gasteiger partial charge in [0.15, 0.2) is 5.78 Å². The van der Waals surface area contributed by atoms with E-state index in [1.165, 1.54) is 20.4 Å². The van der Waals surface area contributed by atoms with Crippen molar-refractivity contribution in [1.29, 1.82) is 0 Å². The third-order valence-corrected chi connectivity index (χ3v) is 3.56. The van der Waals surface area contributed by atoms with E-state index in [-0.39, 0.29) is 17.6 Å². The summed E-state index contributed by atoms with van der Waals surface area (Å²) in [6, 6.07) is 1.56. The Kier molecular flexibility index (Phi) is 3.83. The largest absolute Gasteiger partial charge is 0.480 e. The summed E-state index contributed by atoms with van der Waals surface area (Å²) in [5, 5.41) is 2.51. The van der Waals surface area contributed by atoms with Gasteiger partial charge in [-0.25, -0.2) is 4.98 Å². The van der Waals surface area contributed by atoms with Gasteiger partial charge in [0.25, 0.3) is 5.91 Å². The molecule has 5 nitrogen and oxygen atoms in total. The van der Waals surface area contributed by atoms with E-state index in [1.807, 2.05) is 0 Å². The summed E-state index contributed by atoms with van der Waals surface area (Å²) in [7, 11) is 2.98. The Morgan fingerprint density at radius 3 is 2.74 bits per heavy atom. The molecule has 0 bridgehead atoms. The number of pyridine rings is 1. The van der Waals surface area contributed by atoms with E-state index < -0.39 is 0 Å². The number of Topliss-reactive ketones (excluding diaryl/α,β-unsaturated/α-hetero) is 1. The second-order valence-corrected chi connectivity index (χ2v) is 4.96. The highest BCUT2D eigenvalue weighted by molar-refractivity contribution is 6.01. The number of ketones is 1. The number of carbonyl (C=O) groups excluding carboxylic acids is 2. The number of methoxy groups -OCH3 is 1. The molecule has 1 fully saturated rings. The Labute approximate surface area is 112 Å². The quantitative estimate of drug-likeness (QED) is 0.820. The Hall–Kier alpha value is -1.91. The topological polar surface area (TPSA) is 68.3 Å². The zero-order valence-corrected chi connectivity index (χ0v) is 11.4. The van der Waals surface area contributed by atoms with Gasteiger partial charge >= 0.3 is 0 Å². The van der Waals surface area contributed by atoms with Crippen LogP contribution in [-0.2, 0) is 0 Å². The molecule has 2 rings (SSSR count).